The van der Waals surface area contributed by atoms with Crippen molar-refractivity contribution >= 4 is 19.7 Å². The average molecular weight is 465 g/mol. The van der Waals surface area contributed by atoms with E-state index in [0.717, 1.165) is 19.4 Å². The van der Waals surface area contributed by atoms with E-state index in [2.05, 4.69) is 54.3 Å². The molecular weight excluding hydrogens is 412 g/mol. The van der Waals surface area contributed by atoms with Crippen molar-refractivity contribution in [3.63, 3.8) is 0 Å². The van der Waals surface area contributed by atoms with Gasteiger partial charge in [0.25, 0.3) is 0 Å². The number of nitrogens with zero attached hydrogens (tertiary/aromatic N) is 2. The van der Waals surface area contributed by atoms with E-state index in [0.29, 0.717) is 49.0 Å². The molecule has 186 valence electrons. The topological polar surface area (TPSA) is 43.2 Å². The fourth-order valence-electron chi connectivity index (χ4n) is 5.50. The van der Waals surface area contributed by atoms with Crippen LogP contribution in [0.2, 0.25) is 19.6 Å². The average Bonchev–Trinajstić information content (AvgIpc) is 2.70. The van der Waals surface area contributed by atoms with Gasteiger partial charge in [-0.05, 0) is 88.8 Å². The highest BCUT2D eigenvalue weighted by atomic mass is 28.4. The van der Waals surface area contributed by atoms with Crippen LogP contribution in [-0.2, 0) is 9.16 Å². The van der Waals surface area contributed by atoms with Gasteiger partial charge in [0.05, 0.1) is 36.7 Å². The quantitative estimate of drug-likeness (QED) is 0.184. The number of ether oxygens (including phenoxy) is 1. The molecule has 32 heavy (non-hydrogen) atoms. The van der Waals surface area contributed by atoms with E-state index >= 15 is 0 Å². The van der Waals surface area contributed by atoms with Crippen molar-refractivity contribution in [2.75, 3.05) is 19.8 Å². The Labute approximate surface area is 200 Å². The van der Waals surface area contributed by atoms with Gasteiger partial charge >= 0.3 is 0 Å². The molecule has 5 heteroatoms. The van der Waals surface area contributed by atoms with E-state index in [1.807, 2.05) is 0 Å². The first-order chi connectivity index (χ1) is 15.1. The minimum atomic E-state index is -1.44. The van der Waals surface area contributed by atoms with Crippen molar-refractivity contribution in [3.05, 3.63) is 0 Å². The van der Waals surface area contributed by atoms with E-state index in [1.54, 1.807) is 0 Å². The second-order valence-electron chi connectivity index (χ2n) is 11.7. The highest BCUT2D eigenvalue weighted by Gasteiger charge is 2.30. The first kappa shape index (κ1) is 27.7. The highest BCUT2D eigenvalue weighted by molar-refractivity contribution is 6.69. The van der Waals surface area contributed by atoms with Gasteiger partial charge in [0.15, 0.2) is 8.32 Å². The van der Waals surface area contributed by atoms with E-state index in [-0.39, 0.29) is 0 Å². The minimum Gasteiger partial charge on any atom is -0.415 e. The normalized spacial score (nSPS) is 32.9. The summed E-state index contributed by atoms with van der Waals surface area (Å²) in [7, 11) is -1.44. The fourth-order valence-corrected chi connectivity index (χ4v) is 6.20. The lowest BCUT2D eigenvalue weighted by Gasteiger charge is -2.33. The summed E-state index contributed by atoms with van der Waals surface area (Å²) in [6, 6.07) is 0.890. The van der Waals surface area contributed by atoms with Crippen LogP contribution in [0.4, 0.5) is 0 Å². The van der Waals surface area contributed by atoms with E-state index < -0.39 is 8.32 Å². The van der Waals surface area contributed by atoms with Crippen molar-refractivity contribution in [1.82, 2.24) is 0 Å². The Morgan fingerprint density at radius 3 is 1.75 bits per heavy atom. The van der Waals surface area contributed by atoms with Crippen LogP contribution in [0.5, 0.6) is 0 Å². The Balaban J connectivity index is 2.02. The summed E-state index contributed by atoms with van der Waals surface area (Å²) in [4.78, 5) is 10.7. The van der Waals surface area contributed by atoms with Gasteiger partial charge in [-0.25, -0.2) is 0 Å². The molecule has 2 saturated carbocycles. The molecular formula is C27H52N2O2Si. The van der Waals surface area contributed by atoms with Crippen LogP contribution in [-0.4, -0.2) is 51.6 Å². The molecule has 4 atom stereocenters. The molecule has 0 heterocycles. The third-order valence-corrected chi connectivity index (χ3v) is 8.57. The highest BCUT2D eigenvalue weighted by Crippen LogP contribution is 2.33. The molecule has 4 nitrogen and oxygen atoms in total. The molecule has 2 aliphatic rings. The van der Waals surface area contributed by atoms with Crippen molar-refractivity contribution in [2.24, 2.45) is 33.7 Å². The van der Waals surface area contributed by atoms with Crippen LogP contribution in [0.1, 0.15) is 86.0 Å². The molecule has 0 aromatic rings. The van der Waals surface area contributed by atoms with Gasteiger partial charge in [-0.3, -0.25) is 9.98 Å². The minimum absolute atomic E-state index is 0.441. The standard InChI is InChI=1S/C27H52N2O2Si/c1-20-12-9-13-21(2)26(20)28-24(5)25(29-27-22(3)14-10-15-23(27)4)16-11-17-30-18-19-31-32(6,7)8/h20-23,26-27H,9-19H2,1-8H3. The summed E-state index contributed by atoms with van der Waals surface area (Å²) in [5.41, 5.74) is 2.42. The smallest absolute Gasteiger partial charge is 0.183 e. The molecule has 0 radical (unpaired) electrons. The predicted molar refractivity (Wildman–Crippen MR) is 142 cm³/mol. The Hall–Kier alpha value is -0.523. The third kappa shape index (κ3) is 9.38. The van der Waals surface area contributed by atoms with Gasteiger partial charge in [-0.15, -0.1) is 0 Å². The largest absolute Gasteiger partial charge is 0.415 e. The van der Waals surface area contributed by atoms with Crippen LogP contribution in [0.15, 0.2) is 9.98 Å². The van der Waals surface area contributed by atoms with Crippen LogP contribution >= 0.6 is 0 Å². The van der Waals surface area contributed by atoms with Gasteiger partial charge in [0.2, 0.25) is 0 Å². The molecule has 4 unspecified atom stereocenters. The zero-order chi connectivity index (χ0) is 23.7. The lowest BCUT2D eigenvalue weighted by molar-refractivity contribution is 0.0972. The molecule has 0 aromatic heterocycles. The summed E-state index contributed by atoms with van der Waals surface area (Å²) >= 11 is 0. The maximum atomic E-state index is 5.89. The van der Waals surface area contributed by atoms with Gasteiger partial charge in [-0.2, -0.15) is 0 Å². The maximum Gasteiger partial charge on any atom is 0.183 e. The van der Waals surface area contributed by atoms with Crippen LogP contribution in [0, 0.1) is 23.7 Å². The summed E-state index contributed by atoms with van der Waals surface area (Å²) in [6.07, 6.45) is 9.90. The third-order valence-electron chi connectivity index (χ3n) is 7.50. The molecule has 0 bridgehead atoms. The predicted octanol–water partition coefficient (Wildman–Crippen LogP) is 7.19. The number of hydrogen-bond acceptors (Lipinski definition) is 4. The Morgan fingerprint density at radius 1 is 0.750 bits per heavy atom. The van der Waals surface area contributed by atoms with E-state index in [9.17, 15) is 0 Å². The molecule has 0 saturated heterocycles. The van der Waals surface area contributed by atoms with Gasteiger partial charge in [0, 0.05) is 6.61 Å². The van der Waals surface area contributed by atoms with Gasteiger partial charge in [-0.1, -0.05) is 40.5 Å². The zero-order valence-corrected chi connectivity index (χ0v) is 23.5. The lowest BCUT2D eigenvalue weighted by atomic mass is 9.78. The van der Waals surface area contributed by atoms with Crippen molar-refractivity contribution in [1.29, 1.82) is 0 Å². The summed E-state index contributed by atoms with van der Waals surface area (Å²) < 4.78 is 11.8. The summed E-state index contributed by atoms with van der Waals surface area (Å²) in [5.74, 6) is 2.70. The van der Waals surface area contributed by atoms with Crippen molar-refractivity contribution < 1.29 is 9.16 Å². The first-order valence-electron chi connectivity index (χ1n) is 13.4. The second-order valence-corrected chi connectivity index (χ2v) is 16.2. The molecule has 2 rings (SSSR count). The molecule has 0 amide bonds. The fraction of sp³-hybridized carbons (Fsp3) is 0.926. The Bertz CT molecular complexity index is 593. The van der Waals surface area contributed by atoms with Crippen LogP contribution in [0.3, 0.4) is 0 Å². The molecule has 0 aliphatic heterocycles. The number of rotatable bonds is 11. The maximum absolute atomic E-state index is 5.89. The molecule has 0 aromatic carbocycles. The molecule has 0 N–H and O–H groups in total. The van der Waals surface area contributed by atoms with E-state index in [4.69, 9.17) is 19.1 Å². The first-order valence-corrected chi connectivity index (χ1v) is 16.8. The number of hydrogen-bond donors (Lipinski definition) is 0. The SMILES string of the molecule is CC(=NC1C(C)CCCC1C)C(CCCOCCO[Si](C)(C)C)=NC1C(C)CCCC1C. The monoisotopic (exact) mass is 464 g/mol. The zero-order valence-electron chi connectivity index (χ0n) is 22.5. The lowest BCUT2D eigenvalue weighted by Crippen LogP contribution is -2.33. The van der Waals surface area contributed by atoms with Crippen LogP contribution in [0.25, 0.3) is 0 Å². The van der Waals surface area contributed by atoms with Crippen LogP contribution < -0.4 is 0 Å². The summed E-state index contributed by atoms with van der Waals surface area (Å²) in [5, 5.41) is 0. The Kier molecular flexibility index (Phi) is 11.6. The van der Waals surface area contributed by atoms with Crippen molar-refractivity contribution in [3.8, 4) is 0 Å². The van der Waals surface area contributed by atoms with Gasteiger partial charge in [0.1, 0.15) is 0 Å². The number of aliphatic imine (C=N–C) groups is 2. The molecule has 2 fully saturated rings. The molecule has 0 spiro atoms. The van der Waals surface area contributed by atoms with E-state index in [1.165, 1.54) is 49.9 Å². The second kappa shape index (κ2) is 13.4. The Morgan fingerprint density at radius 2 is 1.25 bits per heavy atom. The van der Waals surface area contributed by atoms with Gasteiger partial charge < -0.3 is 9.16 Å². The summed E-state index contributed by atoms with van der Waals surface area (Å²) in [6.45, 7) is 20.6. The van der Waals surface area contributed by atoms with Crippen molar-refractivity contribution in [2.45, 2.75) is 118 Å². The molecule has 2 aliphatic carbocycles.